The van der Waals surface area contributed by atoms with E-state index in [2.05, 4.69) is 10.0 Å². The first-order valence-corrected chi connectivity index (χ1v) is 10.5. The quantitative estimate of drug-likeness (QED) is 0.574. The molecule has 0 heterocycles. The largest absolute Gasteiger partial charge is 0.351 e. The number of aryl methyl sites for hydroxylation is 2. The maximum Gasteiger partial charge on any atom is 0.251 e. The van der Waals surface area contributed by atoms with E-state index in [4.69, 9.17) is 0 Å². The van der Waals surface area contributed by atoms with Crippen molar-refractivity contribution in [2.45, 2.75) is 23.6 Å². The molecule has 134 valence electrons. The molecule has 7 heteroatoms. The van der Waals surface area contributed by atoms with Gasteiger partial charge in [0.05, 0.1) is 4.90 Å². The Morgan fingerprint density at radius 3 is 2.36 bits per heavy atom. The minimum Gasteiger partial charge on any atom is -0.351 e. The topological polar surface area (TPSA) is 75.3 Å². The van der Waals surface area contributed by atoms with Gasteiger partial charge in [0.2, 0.25) is 10.0 Å². The Bertz CT molecular complexity index is 847. The van der Waals surface area contributed by atoms with Crippen LogP contribution in [0.4, 0.5) is 0 Å². The molecule has 25 heavy (non-hydrogen) atoms. The van der Waals surface area contributed by atoms with Crippen LogP contribution in [0.3, 0.4) is 0 Å². The Hall–Kier alpha value is -1.83. The SMILES string of the molecule is CSc1ccc(C)c(C(=O)NCCNS(=O)(=O)c2ccc(C)cc2)c1. The number of carbonyl (C=O) groups excluding carboxylic acids is 1. The van der Waals surface area contributed by atoms with Crippen molar-refractivity contribution in [3.63, 3.8) is 0 Å². The van der Waals surface area contributed by atoms with Crippen molar-refractivity contribution in [2.24, 2.45) is 0 Å². The Morgan fingerprint density at radius 2 is 1.72 bits per heavy atom. The predicted octanol–water partition coefficient (Wildman–Crippen LogP) is 2.73. The molecule has 0 saturated heterocycles. The van der Waals surface area contributed by atoms with Crippen molar-refractivity contribution < 1.29 is 13.2 Å². The molecule has 5 nitrogen and oxygen atoms in total. The lowest BCUT2D eigenvalue weighted by molar-refractivity contribution is 0.0953. The molecule has 0 bridgehead atoms. The number of sulfonamides is 1. The molecule has 0 saturated carbocycles. The number of benzene rings is 2. The highest BCUT2D eigenvalue weighted by Crippen LogP contribution is 2.19. The summed E-state index contributed by atoms with van der Waals surface area (Å²) in [7, 11) is -3.56. The van der Waals surface area contributed by atoms with Crippen LogP contribution in [0.15, 0.2) is 52.3 Å². The number of hydrogen-bond acceptors (Lipinski definition) is 4. The molecular formula is C18H22N2O3S2. The van der Waals surface area contributed by atoms with E-state index in [-0.39, 0.29) is 23.9 Å². The minimum absolute atomic E-state index is 0.128. The highest BCUT2D eigenvalue weighted by Gasteiger charge is 2.14. The van der Waals surface area contributed by atoms with E-state index >= 15 is 0 Å². The third kappa shape index (κ3) is 5.32. The van der Waals surface area contributed by atoms with E-state index in [9.17, 15) is 13.2 Å². The third-order valence-corrected chi connectivity index (χ3v) is 5.93. The maximum absolute atomic E-state index is 12.3. The van der Waals surface area contributed by atoms with Crippen LogP contribution >= 0.6 is 11.8 Å². The number of carbonyl (C=O) groups is 1. The van der Waals surface area contributed by atoms with Gasteiger partial charge in [-0.25, -0.2) is 13.1 Å². The van der Waals surface area contributed by atoms with Crippen molar-refractivity contribution >= 4 is 27.7 Å². The zero-order valence-corrected chi connectivity index (χ0v) is 16.1. The molecule has 0 fully saturated rings. The van der Waals surface area contributed by atoms with Gasteiger partial charge in [0, 0.05) is 23.5 Å². The summed E-state index contributed by atoms with van der Waals surface area (Å²) in [4.78, 5) is 13.5. The van der Waals surface area contributed by atoms with Crippen molar-refractivity contribution in [3.05, 3.63) is 59.2 Å². The van der Waals surface area contributed by atoms with Crippen molar-refractivity contribution in [1.29, 1.82) is 0 Å². The van der Waals surface area contributed by atoms with Crippen LogP contribution < -0.4 is 10.0 Å². The van der Waals surface area contributed by atoms with Gasteiger partial charge in [-0.15, -0.1) is 11.8 Å². The van der Waals surface area contributed by atoms with Gasteiger partial charge >= 0.3 is 0 Å². The standard InChI is InChI=1S/C18H22N2O3S2/c1-13-4-8-16(9-5-13)25(22,23)20-11-10-19-18(21)17-12-15(24-3)7-6-14(17)2/h4-9,12,20H,10-11H2,1-3H3,(H,19,21). The summed E-state index contributed by atoms with van der Waals surface area (Å²) < 4.78 is 26.8. The van der Waals surface area contributed by atoms with Crippen LogP contribution in [-0.4, -0.2) is 33.7 Å². The van der Waals surface area contributed by atoms with E-state index in [1.807, 2.05) is 38.3 Å². The van der Waals surface area contributed by atoms with Gasteiger partial charge in [-0.05, 0) is 49.9 Å². The van der Waals surface area contributed by atoms with Crippen LogP contribution in [0.1, 0.15) is 21.5 Å². The summed E-state index contributed by atoms with van der Waals surface area (Å²) in [5.74, 6) is -0.206. The molecule has 2 aromatic carbocycles. The monoisotopic (exact) mass is 378 g/mol. The van der Waals surface area contributed by atoms with Crippen molar-refractivity contribution in [2.75, 3.05) is 19.3 Å². The van der Waals surface area contributed by atoms with Gasteiger partial charge in [0.15, 0.2) is 0 Å². The second kappa shape index (κ2) is 8.51. The highest BCUT2D eigenvalue weighted by molar-refractivity contribution is 7.98. The summed E-state index contributed by atoms with van der Waals surface area (Å²) in [5.41, 5.74) is 2.48. The number of thioether (sulfide) groups is 1. The molecule has 0 spiro atoms. The lowest BCUT2D eigenvalue weighted by Gasteiger charge is -2.10. The zero-order valence-electron chi connectivity index (χ0n) is 14.5. The Labute approximate surface area is 153 Å². The van der Waals surface area contributed by atoms with Gasteiger partial charge in [-0.3, -0.25) is 4.79 Å². The Balaban J connectivity index is 1.90. The smallest absolute Gasteiger partial charge is 0.251 e. The van der Waals surface area contributed by atoms with E-state index in [1.54, 1.807) is 36.0 Å². The van der Waals surface area contributed by atoms with Gasteiger partial charge in [-0.1, -0.05) is 23.8 Å². The normalized spacial score (nSPS) is 11.3. The molecule has 2 aromatic rings. The fraction of sp³-hybridized carbons (Fsp3) is 0.278. The third-order valence-electron chi connectivity index (χ3n) is 3.72. The summed E-state index contributed by atoms with van der Waals surface area (Å²) in [6.07, 6.45) is 1.95. The molecule has 2 N–H and O–H groups in total. The molecule has 0 aromatic heterocycles. The molecule has 0 atom stereocenters. The molecule has 0 radical (unpaired) electrons. The van der Waals surface area contributed by atoms with Crippen LogP contribution in [-0.2, 0) is 10.0 Å². The molecule has 0 aliphatic carbocycles. The average molecular weight is 379 g/mol. The molecule has 2 rings (SSSR count). The van der Waals surface area contributed by atoms with Crippen molar-refractivity contribution in [3.8, 4) is 0 Å². The Kier molecular flexibility index (Phi) is 6.64. The summed E-state index contributed by atoms with van der Waals surface area (Å²) >= 11 is 1.57. The zero-order chi connectivity index (χ0) is 18.4. The van der Waals surface area contributed by atoms with E-state index in [1.165, 1.54) is 0 Å². The van der Waals surface area contributed by atoms with Crippen LogP contribution in [0, 0.1) is 13.8 Å². The van der Waals surface area contributed by atoms with E-state index in [0.717, 1.165) is 16.0 Å². The number of amides is 1. The lowest BCUT2D eigenvalue weighted by Crippen LogP contribution is -2.35. The second-order valence-corrected chi connectivity index (χ2v) is 8.29. The van der Waals surface area contributed by atoms with Gasteiger partial charge < -0.3 is 5.32 Å². The van der Waals surface area contributed by atoms with Crippen molar-refractivity contribution in [1.82, 2.24) is 10.0 Å². The van der Waals surface area contributed by atoms with Crippen LogP contribution in [0.5, 0.6) is 0 Å². The summed E-state index contributed by atoms with van der Waals surface area (Å²) in [6, 6.07) is 12.3. The maximum atomic E-state index is 12.3. The fourth-order valence-electron chi connectivity index (χ4n) is 2.23. The lowest BCUT2D eigenvalue weighted by atomic mass is 10.1. The van der Waals surface area contributed by atoms with E-state index in [0.29, 0.717) is 5.56 Å². The first-order chi connectivity index (χ1) is 11.8. The van der Waals surface area contributed by atoms with E-state index < -0.39 is 10.0 Å². The molecule has 0 aliphatic rings. The number of nitrogens with one attached hydrogen (secondary N) is 2. The first kappa shape index (κ1) is 19.5. The summed E-state index contributed by atoms with van der Waals surface area (Å²) in [5, 5.41) is 2.75. The molecule has 0 unspecified atom stereocenters. The Morgan fingerprint density at radius 1 is 1.04 bits per heavy atom. The van der Waals surface area contributed by atoms with Gasteiger partial charge in [-0.2, -0.15) is 0 Å². The molecular weight excluding hydrogens is 356 g/mol. The first-order valence-electron chi connectivity index (χ1n) is 7.82. The van der Waals surface area contributed by atoms with Crippen LogP contribution in [0.25, 0.3) is 0 Å². The summed E-state index contributed by atoms with van der Waals surface area (Å²) in [6.45, 7) is 4.11. The fourth-order valence-corrected chi connectivity index (χ4v) is 3.70. The average Bonchev–Trinajstić information content (AvgIpc) is 2.59. The predicted molar refractivity (Wildman–Crippen MR) is 102 cm³/mol. The molecule has 1 amide bonds. The highest BCUT2D eigenvalue weighted by atomic mass is 32.2. The van der Waals surface area contributed by atoms with Gasteiger partial charge in [0.1, 0.15) is 0 Å². The van der Waals surface area contributed by atoms with Gasteiger partial charge in [0.25, 0.3) is 5.91 Å². The number of hydrogen-bond donors (Lipinski definition) is 2. The minimum atomic E-state index is -3.56. The van der Waals surface area contributed by atoms with Crippen LogP contribution in [0.2, 0.25) is 0 Å². The second-order valence-electron chi connectivity index (χ2n) is 5.65. The number of rotatable bonds is 7. The molecule has 0 aliphatic heterocycles.